The van der Waals surface area contributed by atoms with E-state index >= 15 is 0 Å². The van der Waals surface area contributed by atoms with Gasteiger partial charge >= 0.3 is 0 Å². The minimum absolute atomic E-state index is 0.227. The van der Waals surface area contributed by atoms with Crippen molar-refractivity contribution in [3.05, 3.63) is 53.9 Å². The Balaban J connectivity index is 2.06. The van der Waals surface area contributed by atoms with Gasteiger partial charge in [-0.3, -0.25) is 9.78 Å². The molecule has 21 heavy (non-hydrogen) atoms. The molecule has 1 N–H and O–H groups in total. The topological polar surface area (TPSA) is 51.2 Å². The summed E-state index contributed by atoms with van der Waals surface area (Å²) < 4.78 is 5.75. The number of carbonyl (C=O) groups excluding carboxylic acids is 1. The number of amides is 1. The lowest BCUT2D eigenvalue weighted by molar-refractivity contribution is 0.0958. The van der Waals surface area contributed by atoms with E-state index in [4.69, 9.17) is 4.74 Å². The number of hydrogen-bond donors (Lipinski definition) is 1. The summed E-state index contributed by atoms with van der Waals surface area (Å²) in [6, 6.07) is 11.4. The van der Waals surface area contributed by atoms with Gasteiger partial charge in [-0.25, -0.2) is 0 Å². The largest absolute Gasteiger partial charge is 0.457 e. The maximum Gasteiger partial charge on any atom is 0.269 e. The number of hydrogen-bond acceptors (Lipinski definition) is 3. The average Bonchev–Trinajstić information content (AvgIpc) is 2.53. The van der Waals surface area contributed by atoms with Crippen molar-refractivity contribution in [2.75, 3.05) is 7.05 Å². The molecule has 1 aromatic carbocycles. The Bertz CT molecular complexity index is 594. The van der Waals surface area contributed by atoms with Crippen molar-refractivity contribution in [2.45, 2.75) is 26.2 Å². The highest BCUT2D eigenvalue weighted by atomic mass is 16.5. The van der Waals surface area contributed by atoms with Crippen molar-refractivity contribution < 1.29 is 9.53 Å². The fraction of sp³-hybridized carbons (Fsp3) is 0.294. The Morgan fingerprint density at radius 2 is 1.95 bits per heavy atom. The molecule has 0 atom stereocenters. The summed E-state index contributed by atoms with van der Waals surface area (Å²) in [5, 5.41) is 2.54. The summed E-state index contributed by atoms with van der Waals surface area (Å²) in [5.74, 6) is 1.13. The van der Waals surface area contributed by atoms with E-state index in [0.29, 0.717) is 11.4 Å². The molecule has 4 nitrogen and oxygen atoms in total. The van der Waals surface area contributed by atoms with Crippen LogP contribution >= 0.6 is 0 Å². The van der Waals surface area contributed by atoms with Gasteiger partial charge in [0, 0.05) is 19.3 Å². The first-order valence-electron chi connectivity index (χ1n) is 7.18. The summed E-state index contributed by atoms with van der Waals surface area (Å²) in [6.45, 7) is 2.19. The molecule has 0 saturated carbocycles. The van der Waals surface area contributed by atoms with Gasteiger partial charge in [-0.2, -0.15) is 0 Å². The third-order valence-corrected chi connectivity index (χ3v) is 3.17. The molecule has 1 aromatic heterocycles. The molecular weight excluding hydrogens is 264 g/mol. The van der Waals surface area contributed by atoms with Crippen LogP contribution in [0.4, 0.5) is 0 Å². The van der Waals surface area contributed by atoms with E-state index in [-0.39, 0.29) is 5.91 Å². The van der Waals surface area contributed by atoms with Crippen LogP contribution in [0.1, 0.15) is 35.8 Å². The van der Waals surface area contributed by atoms with E-state index in [2.05, 4.69) is 29.4 Å². The van der Waals surface area contributed by atoms with E-state index in [1.54, 1.807) is 25.4 Å². The number of ether oxygens (including phenoxy) is 1. The second-order valence-corrected chi connectivity index (χ2v) is 4.81. The molecule has 1 heterocycles. The molecule has 2 aromatic rings. The molecular formula is C17H20N2O2. The zero-order chi connectivity index (χ0) is 15.1. The van der Waals surface area contributed by atoms with Crippen LogP contribution in [0, 0.1) is 0 Å². The first-order chi connectivity index (χ1) is 10.2. The smallest absolute Gasteiger partial charge is 0.269 e. The second kappa shape index (κ2) is 7.43. The molecule has 2 rings (SSSR count). The van der Waals surface area contributed by atoms with Gasteiger partial charge in [0.2, 0.25) is 0 Å². The van der Waals surface area contributed by atoms with E-state index < -0.39 is 0 Å². The van der Waals surface area contributed by atoms with Crippen molar-refractivity contribution in [2.24, 2.45) is 0 Å². The van der Waals surface area contributed by atoms with Gasteiger partial charge in [0.15, 0.2) is 0 Å². The third-order valence-electron chi connectivity index (χ3n) is 3.17. The van der Waals surface area contributed by atoms with Crippen molar-refractivity contribution in [1.29, 1.82) is 0 Å². The standard InChI is InChI=1S/C17H20N2O2/c1-3-4-5-13-6-8-14(9-7-13)21-15-10-11-19-16(12-15)17(20)18-2/h6-12H,3-5H2,1-2H3,(H,18,20). The second-order valence-electron chi connectivity index (χ2n) is 4.81. The highest BCUT2D eigenvalue weighted by molar-refractivity contribution is 5.92. The lowest BCUT2D eigenvalue weighted by Crippen LogP contribution is -2.18. The van der Waals surface area contributed by atoms with E-state index in [9.17, 15) is 4.79 Å². The van der Waals surface area contributed by atoms with E-state index in [1.165, 1.54) is 18.4 Å². The molecule has 4 heteroatoms. The van der Waals surface area contributed by atoms with Crippen LogP contribution in [0.15, 0.2) is 42.6 Å². The van der Waals surface area contributed by atoms with Gasteiger partial charge in [0.1, 0.15) is 17.2 Å². The van der Waals surface area contributed by atoms with Crippen LogP contribution in [-0.2, 0) is 6.42 Å². The minimum atomic E-state index is -0.227. The molecule has 0 aliphatic rings. The number of rotatable bonds is 6. The van der Waals surface area contributed by atoms with Crippen molar-refractivity contribution in [3.8, 4) is 11.5 Å². The molecule has 0 spiro atoms. The predicted octanol–water partition coefficient (Wildman–Crippen LogP) is 3.58. The fourth-order valence-electron chi connectivity index (χ4n) is 1.97. The van der Waals surface area contributed by atoms with Crippen molar-refractivity contribution in [1.82, 2.24) is 10.3 Å². The number of pyridine rings is 1. The number of nitrogens with zero attached hydrogens (tertiary/aromatic N) is 1. The quantitative estimate of drug-likeness (QED) is 0.882. The number of benzene rings is 1. The fourth-order valence-corrected chi connectivity index (χ4v) is 1.97. The third kappa shape index (κ3) is 4.31. The summed E-state index contributed by atoms with van der Waals surface area (Å²) in [4.78, 5) is 15.5. The molecule has 0 saturated heterocycles. The van der Waals surface area contributed by atoms with Crippen molar-refractivity contribution in [3.63, 3.8) is 0 Å². The van der Waals surface area contributed by atoms with Crippen LogP contribution in [0.5, 0.6) is 11.5 Å². The molecule has 0 aliphatic heterocycles. The van der Waals surface area contributed by atoms with Gasteiger partial charge in [0.05, 0.1) is 0 Å². The minimum Gasteiger partial charge on any atom is -0.457 e. The molecule has 0 fully saturated rings. The maximum absolute atomic E-state index is 11.5. The maximum atomic E-state index is 11.5. The monoisotopic (exact) mass is 284 g/mol. The van der Waals surface area contributed by atoms with Crippen LogP contribution in [0.3, 0.4) is 0 Å². The van der Waals surface area contributed by atoms with Gasteiger partial charge in [0.25, 0.3) is 5.91 Å². The van der Waals surface area contributed by atoms with E-state index in [1.807, 2.05) is 12.1 Å². The van der Waals surface area contributed by atoms with Gasteiger partial charge in [-0.1, -0.05) is 25.5 Å². The number of aromatic nitrogens is 1. The van der Waals surface area contributed by atoms with Gasteiger partial charge in [-0.05, 0) is 36.6 Å². The molecule has 0 aliphatic carbocycles. The zero-order valence-electron chi connectivity index (χ0n) is 12.4. The molecule has 0 unspecified atom stereocenters. The SMILES string of the molecule is CCCCc1ccc(Oc2ccnc(C(=O)NC)c2)cc1. The molecule has 0 bridgehead atoms. The predicted molar refractivity (Wildman–Crippen MR) is 82.8 cm³/mol. The lowest BCUT2D eigenvalue weighted by Gasteiger charge is -2.07. The Labute approximate surface area is 125 Å². The van der Waals surface area contributed by atoms with E-state index in [0.717, 1.165) is 12.2 Å². The molecule has 0 radical (unpaired) electrons. The van der Waals surface area contributed by atoms with Crippen LogP contribution in [0.25, 0.3) is 0 Å². The van der Waals surface area contributed by atoms with Gasteiger partial charge < -0.3 is 10.1 Å². The number of aryl methyl sites for hydroxylation is 1. The Hall–Kier alpha value is -2.36. The molecule has 1 amide bonds. The Kier molecular flexibility index (Phi) is 5.32. The normalized spacial score (nSPS) is 10.2. The summed E-state index contributed by atoms with van der Waals surface area (Å²) in [6.07, 6.45) is 5.04. The highest BCUT2D eigenvalue weighted by Crippen LogP contribution is 2.22. The van der Waals surface area contributed by atoms with Crippen molar-refractivity contribution >= 4 is 5.91 Å². The van der Waals surface area contributed by atoms with Crippen LogP contribution in [-0.4, -0.2) is 17.9 Å². The summed E-state index contributed by atoms with van der Waals surface area (Å²) >= 11 is 0. The Morgan fingerprint density at radius 1 is 1.19 bits per heavy atom. The number of nitrogens with one attached hydrogen (secondary N) is 1. The number of carbonyl (C=O) groups is 1. The number of unbranched alkanes of at least 4 members (excludes halogenated alkanes) is 1. The van der Waals surface area contributed by atoms with Crippen LogP contribution < -0.4 is 10.1 Å². The summed E-state index contributed by atoms with van der Waals surface area (Å²) in [5.41, 5.74) is 1.65. The lowest BCUT2D eigenvalue weighted by atomic mass is 10.1. The average molecular weight is 284 g/mol. The first-order valence-corrected chi connectivity index (χ1v) is 7.18. The van der Waals surface area contributed by atoms with Gasteiger partial charge in [-0.15, -0.1) is 0 Å². The Morgan fingerprint density at radius 3 is 2.62 bits per heavy atom. The highest BCUT2D eigenvalue weighted by Gasteiger charge is 2.06. The zero-order valence-corrected chi connectivity index (χ0v) is 12.4. The van der Waals surface area contributed by atoms with Crippen LogP contribution in [0.2, 0.25) is 0 Å². The molecule has 110 valence electrons. The summed E-state index contributed by atoms with van der Waals surface area (Å²) in [7, 11) is 1.58. The first kappa shape index (κ1) is 15.0.